The van der Waals surface area contributed by atoms with Crippen LogP contribution in [0, 0.1) is 10.1 Å². The average Bonchev–Trinajstić information content (AvgIpc) is 2.85. The molecule has 0 bridgehead atoms. The topological polar surface area (TPSA) is 63.4 Å². The number of halogens is 2. The lowest BCUT2D eigenvalue weighted by Crippen LogP contribution is -2.27. The number of amides is 1. The number of rotatable bonds is 3. The highest BCUT2D eigenvalue weighted by molar-refractivity contribution is 8.27. The lowest BCUT2D eigenvalue weighted by Gasteiger charge is -2.15. The van der Waals surface area contributed by atoms with Gasteiger partial charge in [0.15, 0.2) is 4.32 Å². The highest BCUT2D eigenvalue weighted by atomic mass is 35.5. The molecular formula is C16H8Cl2N2O3S2. The van der Waals surface area contributed by atoms with Crippen LogP contribution in [0.3, 0.4) is 0 Å². The van der Waals surface area contributed by atoms with Crippen LogP contribution in [-0.4, -0.2) is 15.2 Å². The van der Waals surface area contributed by atoms with Gasteiger partial charge >= 0.3 is 0 Å². The van der Waals surface area contributed by atoms with E-state index < -0.39 is 4.92 Å². The van der Waals surface area contributed by atoms with Gasteiger partial charge in [-0.25, -0.2) is 0 Å². The number of hydrogen-bond donors (Lipinski definition) is 0. The fourth-order valence-corrected chi connectivity index (χ4v) is 3.75. The van der Waals surface area contributed by atoms with Gasteiger partial charge in [-0.15, -0.1) is 0 Å². The molecule has 0 aromatic heterocycles. The molecule has 2 aromatic carbocycles. The van der Waals surface area contributed by atoms with Crippen molar-refractivity contribution in [2.24, 2.45) is 0 Å². The number of benzene rings is 2. The number of carbonyl (C=O) groups excluding carboxylic acids is 1. The Morgan fingerprint density at radius 1 is 1.12 bits per heavy atom. The van der Waals surface area contributed by atoms with Crippen molar-refractivity contribution in [1.82, 2.24) is 0 Å². The Bertz CT molecular complexity index is 929. The molecule has 1 fully saturated rings. The Morgan fingerprint density at radius 2 is 1.80 bits per heavy atom. The van der Waals surface area contributed by atoms with Crippen LogP contribution in [0.2, 0.25) is 10.0 Å². The van der Waals surface area contributed by atoms with Crippen LogP contribution in [0.15, 0.2) is 47.4 Å². The molecular weight excluding hydrogens is 403 g/mol. The van der Waals surface area contributed by atoms with E-state index in [9.17, 15) is 14.9 Å². The first-order valence-corrected chi connectivity index (χ1v) is 8.82. The fourth-order valence-electron chi connectivity index (χ4n) is 2.16. The Balaban J connectivity index is 1.90. The predicted octanol–water partition coefficient (Wildman–Crippen LogP) is 5.31. The minimum atomic E-state index is -0.479. The quantitative estimate of drug-likeness (QED) is 0.297. The second kappa shape index (κ2) is 7.13. The summed E-state index contributed by atoms with van der Waals surface area (Å²) in [4.78, 5) is 24.7. The third kappa shape index (κ3) is 3.69. The maximum absolute atomic E-state index is 12.7. The van der Waals surface area contributed by atoms with E-state index in [0.29, 0.717) is 30.5 Å². The summed E-state index contributed by atoms with van der Waals surface area (Å²) in [5, 5.41) is 11.4. The predicted molar refractivity (Wildman–Crippen MR) is 105 cm³/mol. The largest absolute Gasteiger partial charge is 0.270 e. The summed E-state index contributed by atoms with van der Waals surface area (Å²) >= 11 is 18.3. The number of nitro groups is 1. The fraction of sp³-hybridized carbons (Fsp3) is 0. The summed E-state index contributed by atoms with van der Waals surface area (Å²) < 4.78 is 0.372. The Morgan fingerprint density at radius 3 is 2.40 bits per heavy atom. The molecule has 0 aliphatic carbocycles. The average molecular weight is 411 g/mol. The SMILES string of the molecule is O=C1/C(=C\c2ccc([N+](=O)[O-])cc2)SC(=S)N1c1ccc(Cl)c(Cl)c1. The van der Waals surface area contributed by atoms with Gasteiger partial charge in [-0.1, -0.05) is 47.2 Å². The molecule has 2 aromatic rings. The Kier molecular flexibility index (Phi) is 5.10. The molecule has 0 atom stereocenters. The molecule has 25 heavy (non-hydrogen) atoms. The maximum atomic E-state index is 12.7. The van der Waals surface area contributed by atoms with Gasteiger partial charge in [0.25, 0.3) is 11.6 Å². The third-order valence-corrected chi connectivity index (χ3v) is 5.40. The number of nitrogens with zero attached hydrogens (tertiary/aromatic N) is 2. The molecule has 9 heteroatoms. The van der Waals surface area contributed by atoms with Crippen molar-refractivity contribution < 1.29 is 9.72 Å². The molecule has 1 heterocycles. The zero-order chi connectivity index (χ0) is 18.1. The van der Waals surface area contributed by atoms with Crippen LogP contribution in [0.1, 0.15) is 5.56 Å². The van der Waals surface area contributed by atoms with Crippen LogP contribution < -0.4 is 4.90 Å². The molecule has 3 rings (SSSR count). The monoisotopic (exact) mass is 410 g/mol. The third-order valence-electron chi connectivity index (χ3n) is 3.36. The highest BCUT2D eigenvalue weighted by Gasteiger charge is 2.33. The van der Waals surface area contributed by atoms with Gasteiger partial charge in [0.2, 0.25) is 0 Å². The van der Waals surface area contributed by atoms with E-state index in [4.69, 9.17) is 35.4 Å². The van der Waals surface area contributed by atoms with E-state index in [1.807, 2.05) is 0 Å². The van der Waals surface area contributed by atoms with E-state index in [1.54, 1.807) is 36.4 Å². The van der Waals surface area contributed by atoms with Crippen molar-refractivity contribution in [2.75, 3.05) is 4.90 Å². The summed E-state index contributed by atoms with van der Waals surface area (Å²) in [6, 6.07) is 10.7. The minimum absolute atomic E-state index is 0.0134. The van der Waals surface area contributed by atoms with E-state index in [-0.39, 0.29) is 11.6 Å². The highest BCUT2D eigenvalue weighted by Crippen LogP contribution is 2.38. The molecule has 1 aliphatic heterocycles. The Hall–Kier alpha value is -1.93. The van der Waals surface area contributed by atoms with Crippen molar-refractivity contribution >= 4 is 74.9 Å². The summed E-state index contributed by atoms with van der Waals surface area (Å²) in [6.07, 6.45) is 1.64. The van der Waals surface area contributed by atoms with Crippen molar-refractivity contribution in [3.8, 4) is 0 Å². The van der Waals surface area contributed by atoms with E-state index in [0.717, 1.165) is 11.8 Å². The van der Waals surface area contributed by atoms with Crippen LogP contribution in [0.5, 0.6) is 0 Å². The first-order chi connectivity index (χ1) is 11.9. The molecule has 1 saturated heterocycles. The smallest absolute Gasteiger partial charge is 0.268 e. The van der Waals surface area contributed by atoms with Gasteiger partial charge in [0.1, 0.15) is 0 Å². The lowest BCUT2D eigenvalue weighted by molar-refractivity contribution is -0.384. The van der Waals surface area contributed by atoms with E-state index in [2.05, 4.69) is 0 Å². The summed E-state index contributed by atoms with van der Waals surface area (Å²) in [6.45, 7) is 0. The van der Waals surface area contributed by atoms with Gasteiger partial charge in [-0.3, -0.25) is 19.8 Å². The van der Waals surface area contributed by atoms with Gasteiger partial charge in [0, 0.05) is 12.1 Å². The number of hydrogen-bond acceptors (Lipinski definition) is 5. The minimum Gasteiger partial charge on any atom is -0.268 e. The van der Waals surface area contributed by atoms with Gasteiger partial charge in [-0.2, -0.15) is 0 Å². The second-order valence-corrected chi connectivity index (χ2v) is 7.45. The van der Waals surface area contributed by atoms with Gasteiger partial charge < -0.3 is 0 Å². The first kappa shape index (κ1) is 17.9. The number of non-ortho nitro benzene ring substituents is 1. The van der Waals surface area contributed by atoms with Crippen LogP contribution in [0.25, 0.3) is 6.08 Å². The zero-order valence-electron chi connectivity index (χ0n) is 12.3. The molecule has 126 valence electrons. The first-order valence-electron chi connectivity index (χ1n) is 6.84. The molecule has 0 unspecified atom stereocenters. The van der Waals surface area contributed by atoms with Crippen LogP contribution >= 0.6 is 47.2 Å². The zero-order valence-corrected chi connectivity index (χ0v) is 15.5. The standard InChI is InChI=1S/C16H8Cl2N2O3S2/c17-12-6-5-11(8-13(12)18)19-15(21)14(25-16(19)24)7-9-1-3-10(4-2-9)20(22)23/h1-8H/b14-7+. The number of thioether (sulfide) groups is 1. The van der Waals surface area contributed by atoms with E-state index >= 15 is 0 Å². The summed E-state index contributed by atoms with van der Waals surface area (Å²) in [5.41, 5.74) is 1.18. The number of nitro benzene ring substituents is 1. The normalized spacial score (nSPS) is 15.9. The number of thiocarbonyl (C=S) groups is 1. The van der Waals surface area contributed by atoms with E-state index in [1.165, 1.54) is 17.0 Å². The van der Waals surface area contributed by atoms with Gasteiger partial charge in [-0.05, 0) is 42.0 Å². The molecule has 0 N–H and O–H groups in total. The van der Waals surface area contributed by atoms with Crippen molar-refractivity contribution in [3.63, 3.8) is 0 Å². The number of anilines is 1. The molecule has 5 nitrogen and oxygen atoms in total. The van der Waals surface area contributed by atoms with Crippen LogP contribution in [-0.2, 0) is 4.79 Å². The molecule has 0 saturated carbocycles. The Labute approximate surface area is 162 Å². The molecule has 1 amide bonds. The number of carbonyl (C=O) groups is 1. The van der Waals surface area contributed by atoms with Crippen molar-refractivity contribution in [3.05, 3.63) is 73.1 Å². The molecule has 1 aliphatic rings. The van der Waals surface area contributed by atoms with Crippen molar-refractivity contribution in [1.29, 1.82) is 0 Å². The van der Waals surface area contributed by atoms with Gasteiger partial charge in [0.05, 0.1) is 25.6 Å². The maximum Gasteiger partial charge on any atom is 0.270 e. The molecule has 0 radical (unpaired) electrons. The van der Waals surface area contributed by atoms with Crippen molar-refractivity contribution in [2.45, 2.75) is 0 Å². The summed E-state index contributed by atoms with van der Waals surface area (Å²) in [7, 11) is 0. The second-order valence-electron chi connectivity index (χ2n) is 4.96. The lowest BCUT2D eigenvalue weighted by atomic mass is 10.2. The van der Waals surface area contributed by atoms with Crippen LogP contribution in [0.4, 0.5) is 11.4 Å². The summed E-state index contributed by atoms with van der Waals surface area (Å²) in [5.74, 6) is -0.285. The molecule has 0 spiro atoms.